The van der Waals surface area contributed by atoms with E-state index in [4.69, 9.17) is 11.6 Å². The molecule has 0 aliphatic rings. The van der Waals surface area contributed by atoms with Gasteiger partial charge in [-0.15, -0.1) is 0 Å². The van der Waals surface area contributed by atoms with Gasteiger partial charge in [-0.25, -0.2) is 4.39 Å². The number of hydrogen-bond donors (Lipinski definition) is 1. The molecule has 0 amide bonds. The van der Waals surface area contributed by atoms with E-state index < -0.39 is 11.9 Å². The molecule has 2 rings (SSSR count). The molecule has 1 atom stereocenters. The molecular formula is C14H13ClFNO. The zero-order chi connectivity index (χ0) is 13.3. The number of aliphatic hydroxyl groups excluding tert-OH is 1. The maximum Gasteiger partial charge on any atom is 0.123 e. The van der Waals surface area contributed by atoms with Gasteiger partial charge in [0.1, 0.15) is 11.9 Å². The van der Waals surface area contributed by atoms with Gasteiger partial charge in [-0.05, 0) is 43.2 Å². The summed E-state index contributed by atoms with van der Waals surface area (Å²) < 4.78 is 13.2. The lowest BCUT2D eigenvalue weighted by atomic mass is 10.0. The van der Waals surface area contributed by atoms with Crippen molar-refractivity contribution in [3.63, 3.8) is 0 Å². The molecule has 0 aliphatic carbocycles. The molecule has 2 aromatic rings. The molecule has 2 nitrogen and oxygen atoms in total. The van der Waals surface area contributed by atoms with Crippen LogP contribution in [0.1, 0.15) is 28.5 Å². The summed E-state index contributed by atoms with van der Waals surface area (Å²) in [5, 5.41) is 10.6. The van der Waals surface area contributed by atoms with Gasteiger partial charge in [0.05, 0.1) is 5.69 Å². The smallest absolute Gasteiger partial charge is 0.123 e. The van der Waals surface area contributed by atoms with Crippen molar-refractivity contribution in [2.24, 2.45) is 0 Å². The summed E-state index contributed by atoms with van der Waals surface area (Å²) in [6.45, 7) is 3.77. The number of rotatable bonds is 2. The van der Waals surface area contributed by atoms with Gasteiger partial charge in [-0.2, -0.15) is 0 Å². The number of pyridine rings is 1. The highest BCUT2D eigenvalue weighted by Crippen LogP contribution is 2.29. The first-order valence-corrected chi connectivity index (χ1v) is 5.93. The number of aryl methyl sites for hydroxylation is 2. The standard InChI is InChI=1S/C14H13ClFNO/c1-8-5-9(2)13(17-7-8)14(18)11-6-10(16)3-4-12(11)15/h3-7,14,18H,1-2H3. The Labute approximate surface area is 110 Å². The first-order chi connectivity index (χ1) is 8.49. The van der Waals surface area contributed by atoms with E-state index in [1.54, 1.807) is 6.20 Å². The number of aliphatic hydroxyl groups is 1. The summed E-state index contributed by atoms with van der Waals surface area (Å²) in [7, 11) is 0. The SMILES string of the molecule is Cc1cnc(C(O)c2cc(F)ccc2Cl)c(C)c1. The lowest BCUT2D eigenvalue weighted by Gasteiger charge is -2.15. The summed E-state index contributed by atoms with van der Waals surface area (Å²) in [5.74, 6) is -0.432. The van der Waals surface area contributed by atoms with Gasteiger partial charge in [-0.1, -0.05) is 17.7 Å². The van der Waals surface area contributed by atoms with Crippen molar-refractivity contribution in [3.8, 4) is 0 Å². The molecule has 0 saturated carbocycles. The van der Waals surface area contributed by atoms with Crippen LogP contribution in [0.25, 0.3) is 0 Å². The van der Waals surface area contributed by atoms with Gasteiger partial charge in [0.2, 0.25) is 0 Å². The Balaban J connectivity index is 2.47. The Hall–Kier alpha value is -1.45. The average molecular weight is 266 g/mol. The van der Waals surface area contributed by atoms with Crippen LogP contribution in [0.5, 0.6) is 0 Å². The zero-order valence-corrected chi connectivity index (χ0v) is 10.9. The highest BCUT2D eigenvalue weighted by atomic mass is 35.5. The molecule has 1 N–H and O–H groups in total. The molecule has 4 heteroatoms. The molecule has 1 heterocycles. The van der Waals surface area contributed by atoms with Crippen molar-refractivity contribution in [2.45, 2.75) is 20.0 Å². The van der Waals surface area contributed by atoms with Gasteiger partial charge < -0.3 is 5.11 Å². The van der Waals surface area contributed by atoms with Crippen molar-refractivity contribution >= 4 is 11.6 Å². The summed E-state index contributed by atoms with van der Waals surface area (Å²) in [6, 6.07) is 5.83. The second kappa shape index (κ2) is 5.04. The lowest BCUT2D eigenvalue weighted by molar-refractivity contribution is 0.214. The van der Waals surface area contributed by atoms with E-state index in [1.807, 2.05) is 19.9 Å². The summed E-state index contributed by atoms with van der Waals surface area (Å²) >= 11 is 5.97. The predicted molar refractivity (Wildman–Crippen MR) is 69.2 cm³/mol. The second-order valence-electron chi connectivity index (χ2n) is 4.28. The predicted octanol–water partition coefficient (Wildman–Crippen LogP) is 3.57. The number of nitrogens with zero attached hydrogens (tertiary/aromatic N) is 1. The topological polar surface area (TPSA) is 33.1 Å². The molecule has 0 spiro atoms. The largest absolute Gasteiger partial charge is 0.382 e. The van der Waals surface area contributed by atoms with E-state index in [0.717, 1.165) is 11.1 Å². The highest BCUT2D eigenvalue weighted by Gasteiger charge is 2.18. The van der Waals surface area contributed by atoms with E-state index >= 15 is 0 Å². The first-order valence-electron chi connectivity index (χ1n) is 5.55. The molecule has 18 heavy (non-hydrogen) atoms. The summed E-state index contributed by atoms with van der Waals surface area (Å²) in [6.07, 6.45) is 0.646. The van der Waals surface area contributed by atoms with Crippen molar-refractivity contribution in [1.29, 1.82) is 0 Å². The number of halogens is 2. The maximum absolute atomic E-state index is 13.2. The number of benzene rings is 1. The van der Waals surface area contributed by atoms with E-state index in [1.165, 1.54) is 18.2 Å². The van der Waals surface area contributed by atoms with E-state index in [9.17, 15) is 9.50 Å². The molecule has 94 valence electrons. The quantitative estimate of drug-likeness (QED) is 0.900. The summed E-state index contributed by atoms with van der Waals surface area (Å²) in [4.78, 5) is 4.19. The van der Waals surface area contributed by atoms with Crippen LogP contribution in [-0.2, 0) is 0 Å². The van der Waals surface area contributed by atoms with Crippen molar-refractivity contribution in [1.82, 2.24) is 4.98 Å². The lowest BCUT2D eigenvalue weighted by Crippen LogP contribution is -2.06. The van der Waals surface area contributed by atoms with E-state index in [2.05, 4.69) is 4.98 Å². The Kier molecular flexibility index (Phi) is 3.64. The Morgan fingerprint density at radius 2 is 2.00 bits per heavy atom. The van der Waals surface area contributed by atoms with Crippen LogP contribution in [-0.4, -0.2) is 10.1 Å². The minimum Gasteiger partial charge on any atom is -0.382 e. The average Bonchev–Trinajstić information content (AvgIpc) is 2.31. The van der Waals surface area contributed by atoms with Crippen LogP contribution in [0.2, 0.25) is 5.02 Å². The van der Waals surface area contributed by atoms with Crippen LogP contribution in [0, 0.1) is 19.7 Å². The minimum absolute atomic E-state index is 0.325. The van der Waals surface area contributed by atoms with E-state index in [0.29, 0.717) is 16.3 Å². The second-order valence-corrected chi connectivity index (χ2v) is 4.69. The van der Waals surface area contributed by atoms with Crippen LogP contribution in [0.15, 0.2) is 30.5 Å². The van der Waals surface area contributed by atoms with Crippen molar-refractivity contribution < 1.29 is 9.50 Å². The fourth-order valence-electron chi connectivity index (χ4n) is 1.88. The molecule has 0 bridgehead atoms. The third-order valence-electron chi connectivity index (χ3n) is 2.77. The molecule has 1 unspecified atom stereocenters. The first kappa shape index (κ1) is 13.0. The van der Waals surface area contributed by atoms with E-state index in [-0.39, 0.29) is 0 Å². The van der Waals surface area contributed by atoms with Crippen LogP contribution >= 0.6 is 11.6 Å². The Morgan fingerprint density at radius 1 is 1.28 bits per heavy atom. The Morgan fingerprint density at radius 3 is 2.67 bits per heavy atom. The molecule has 0 fully saturated rings. The normalized spacial score (nSPS) is 12.5. The van der Waals surface area contributed by atoms with Crippen molar-refractivity contribution in [3.05, 3.63) is 63.7 Å². The third kappa shape index (κ3) is 2.52. The zero-order valence-electron chi connectivity index (χ0n) is 10.1. The maximum atomic E-state index is 13.2. The van der Waals surface area contributed by atoms with Crippen LogP contribution in [0.4, 0.5) is 4.39 Å². The minimum atomic E-state index is -1.02. The third-order valence-corrected chi connectivity index (χ3v) is 3.11. The summed E-state index contributed by atoms with van der Waals surface area (Å²) in [5.41, 5.74) is 2.68. The van der Waals surface area contributed by atoms with Gasteiger partial charge in [0, 0.05) is 16.8 Å². The fourth-order valence-corrected chi connectivity index (χ4v) is 2.10. The molecule has 1 aromatic carbocycles. The number of hydrogen-bond acceptors (Lipinski definition) is 2. The van der Waals surface area contributed by atoms with Gasteiger partial charge in [0.25, 0.3) is 0 Å². The fraction of sp³-hybridized carbons (Fsp3) is 0.214. The van der Waals surface area contributed by atoms with Crippen molar-refractivity contribution in [2.75, 3.05) is 0 Å². The monoisotopic (exact) mass is 265 g/mol. The molecule has 0 radical (unpaired) electrons. The highest BCUT2D eigenvalue weighted by molar-refractivity contribution is 6.31. The molecule has 1 aromatic heterocycles. The van der Waals surface area contributed by atoms with Crippen LogP contribution in [0.3, 0.4) is 0 Å². The van der Waals surface area contributed by atoms with Gasteiger partial charge >= 0.3 is 0 Å². The molecule has 0 saturated heterocycles. The van der Waals surface area contributed by atoms with Gasteiger partial charge in [-0.3, -0.25) is 4.98 Å². The van der Waals surface area contributed by atoms with Gasteiger partial charge in [0.15, 0.2) is 0 Å². The molecule has 0 aliphatic heterocycles. The number of aromatic nitrogens is 1. The molecular weight excluding hydrogens is 253 g/mol. The van der Waals surface area contributed by atoms with Crippen LogP contribution < -0.4 is 0 Å². The Bertz CT molecular complexity index is 586.